The molecule has 0 aliphatic carbocycles. The van der Waals surface area contributed by atoms with E-state index in [1.54, 1.807) is 0 Å². The van der Waals surface area contributed by atoms with Gasteiger partial charge in [-0.3, -0.25) is 12.0 Å². The molecule has 0 unspecified atom stereocenters. The molecule has 0 aromatic heterocycles. The summed E-state index contributed by atoms with van der Waals surface area (Å²) in [6, 6.07) is 0. The molecule has 0 aliphatic rings. The lowest BCUT2D eigenvalue weighted by Crippen LogP contribution is -1.73. The van der Waals surface area contributed by atoms with Gasteiger partial charge in [0.15, 0.2) is 0 Å². The van der Waals surface area contributed by atoms with Gasteiger partial charge >= 0.3 is 0 Å². The van der Waals surface area contributed by atoms with Crippen LogP contribution < -0.4 is 0 Å². The molecule has 0 radical (unpaired) electrons. The van der Waals surface area contributed by atoms with E-state index in [0.717, 1.165) is 0 Å². The maximum atomic E-state index is 9.56. The van der Waals surface area contributed by atoms with Crippen molar-refractivity contribution in [2.75, 3.05) is 5.75 Å². The van der Waals surface area contributed by atoms with E-state index in [2.05, 4.69) is 13.5 Å². The van der Waals surface area contributed by atoms with Gasteiger partial charge in [0.05, 0.1) is 0 Å². The molecule has 0 bridgehead atoms. The highest BCUT2D eigenvalue weighted by atomic mass is 32.2. The van der Waals surface area contributed by atoms with Crippen LogP contribution in [0, 0.1) is 6.92 Å². The molecule has 0 N–H and O–H groups in total. The van der Waals surface area contributed by atoms with Crippen molar-refractivity contribution in [3.8, 4) is 0 Å². The summed E-state index contributed by atoms with van der Waals surface area (Å²) < 4.78 is 9.56. The zero-order chi connectivity index (χ0) is 4.99. The van der Waals surface area contributed by atoms with E-state index in [4.69, 9.17) is 0 Å². The van der Waals surface area contributed by atoms with Gasteiger partial charge in [-0.25, -0.2) is 0 Å². The summed E-state index contributed by atoms with van der Waals surface area (Å²) in [4.78, 5) is 0. The minimum Gasteiger partial charge on any atom is -0.799 e. The lowest BCUT2D eigenvalue weighted by Gasteiger charge is -1.95. The predicted octanol–water partition coefficient (Wildman–Crippen LogP) is 1.24. The Morgan fingerprint density at radius 2 is 2.50 bits per heavy atom. The Hall–Kier alpha value is -0.0800. The van der Waals surface area contributed by atoms with Crippen molar-refractivity contribution in [2.24, 2.45) is 0 Å². The summed E-state index contributed by atoms with van der Waals surface area (Å²) in [5, 5.41) is 0. The van der Waals surface area contributed by atoms with E-state index in [1.165, 1.54) is 0 Å². The highest BCUT2D eigenvalue weighted by Crippen LogP contribution is 1.96. The number of rotatable bonds is 2. The first kappa shape index (κ1) is 5.92. The fourth-order valence-electron chi connectivity index (χ4n) is 0.0833. The van der Waals surface area contributed by atoms with Crippen LogP contribution in [0.4, 0.5) is 0 Å². The largest absolute Gasteiger partial charge is 0.799 e. The lowest BCUT2D eigenvalue weighted by atomic mass is 10.4. The van der Waals surface area contributed by atoms with Crippen molar-refractivity contribution in [3.05, 3.63) is 19.1 Å². The van der Waals surface area contributed by atoms with Crippen molar-refractivity contribution in [2.45, 2.75) is 0 Å². The molecule has 0 atom stereocenters. The fourth-order valence-corrected chi connectivity index (χ4v) is 0.250. The molecular formula is C4H6OS. The smallest absolute Gasteiger partial charge is 0.105 e. The van der Waals surface area contributed by atoms with Crippen molar-refractivity contribution in [1.29, 1.82) is 0 Å². The third-order valence-corrected chi connectivity index (χ3v) is 0.789. The Morgan fingerprint density at radius 1 is 2.00 bits per heavy atom. The molecule has 0 spiro atoms. The van der Waals surface area contributed by atoms with Crippen molar-refractivity contribution in [1.82, 2.24) is 0 Å². The molecule has 0 aliphatic heterocycles. The van der Waals surface area contributed by atoms with Gasteiger partial charge in [0.1, 0.15) is 5.57 Å². The Balaban J connectivity index is 2.83. The summed E-state index contributed by atoms with van der Waals surface area (Å²) in [6.45, 7) is 6.83. The van der Waals surface area contributed by atoms with E-state index in [0.29, 0.717) is 23.4 Å². The maximum absolute atomic E-state index is 9.56. The topological polar surface area (TPSA) is 23.1 Å². The Labute approximate surface area is 42.3 Å². The highest BCUT2D eigenvalue weighted by molar-refractivity contribution is 7.93. The minimum atomic E-state index is 0.431. The summed E-state index contributed by atoms with van der Waals surface area (Å²) in [5.74, 6) is 0.431. The molecule has 2 heteroatoms. The van der Waals surface area contributed by atoms with Gasteiger partial charge in [-0.15, -0.1) is 0 Å². The van der Waals surface area contributed by atoms with Crippen LogP contribution in [0.3, 0.4) is 0 Å². The molecule has 1 nitrogen and oxygen atoms in total. The van der Waals surface area contributed by atoms with Gasteiger partial charge in [0.2, 0.25) is 0 Å². The fraction of sp³-hybridized carbons (Fsp3) is 0.250. The predicted molar refractivity (Wildman–Crippen MR) is 27.7 cm³/mol. The van der Waals surface area contributed by atoms with Crippen LogP contribution in [0.1, 0.15) is 0 Å². The Kier molecular flexibility index (Phi) is 3.08. The van der Waals surface area contributed by atoms with E-state index < -0.39 is 0 Å². The van der Waals surface area contributed by atoms with Gasteiger partial charge in [0, 0.05) is 19.3 Å². The van der Waals surface area contributed by atoms with Gasteiger partial charge in [-0.05, 0) is 0 Å². The number of hydrogen-bond donors (Lipinski definition) is 0. The van der Waals surface area contributed by atoms with Crippen LogP contribution in [0.25, 0.3) is 0 Å². The first-order valence-corrected chi connectivity index (χ1v) is 2.43. The Bertz CT molecular complexity index is 51.5. The second-order valence-corrected chi connectivity index (χ2v) is 1.54. The first-order chi connectivity index (χ1) is 2.77. The average Bonchev–Trinajstić information content (AvgIpc) is 1.35. The summed E-state index contributed by atoms with van der Waals surface area (Å²) in [5.41, 5.74) is 0.690. The van der Waals surface area contributed by atoms with Crippen LogP contribution in [0.15, 0.2) is 12.2 Å². The molecule has 0 aromatic carbocycles. The Morgan fingerprint density at radius 3 is 2.50 bits per heavy atom. The molecule has 34 valence electrons. The van der Waals surface area contributed by atoms with Crippen molar-refractivity contribution >= 4 is 12.0 Å². The molecule has 0 heterocycles. The van der Waals surface area contributed by atoms with Crippen LogP contribution in [-0.2, 0) is 0 Å². The second-order valence-electron chi connectivity index (χ2n) is 1.01. The first-order valence-electron chi connectivity index (χ1n) is 1.52. The summed E-state index contributed by atoms with van der Waals surface area (Å²) in [6.07, 6.45) is 0. The molecule has 0 saturated heterocycles. The summed E-state index contributed by atoms with van der Waals surface area (Å²) in [7, 11) is 0. The second kappa shape index (κ2) is 3.12. The molecule has 0 fully saturated rings. The normalized spacial score (nSPS) is 8.17. The monoisotopic (exact) mass is 102 g/mol. The van der Waals surface area contributed by atoms with E-state index >= 15 is 0 Å². The van der Waals surface area contributed by atoms with Gasteiger partial charge in [-0.2, -0.15) is 0 Å². The lowest BCUT2D eigenvalue weighted by molar-refractivity contribution is 0.621. The molecular weight excluding hydrogens is 96.1 g/mol. The zero-order valence-corrected chi connectivity index (χ0v) is 4.25. The SMILES string of the molecule is C=C([CH2+])CS[O-]. The van der Waals surface area contributed by atoms with Gasteiger partial charge in [-0.1, -0.05) is 0 Å². The molecule has 0 aromatic rings. The van der Waals surface area contributed by atoms with Gasteiger partial charge in [0.25, 0.3) is 0 Å². The average molecular weight is 102 g/mol. The minimum absolute atomic E-state index is 0.431. The van der Waals surface area contributed by atoms with Crippen molar-refractivity contribution in [3.63, 3.8) is 0 Å². The third kappa shape index (κ3) is 3.92. The molecule has 0 amide bonds. The maximum Gasteiger partial charge on any atom is 0.105 e. The third-order valence-electron chi connectivity index (χ3n) is 0.263. The molecule has 6 heavy (non-hydrogen) atoms. The van der Waals surface area contributed by atoms with Crippen LogP contribution >= 0.6 is 12.0 Å². The molecule has 0 rings (SSSR count). The highest BCUT2D eigenvalue weighted by Gasteiger charge is 1.81. The quantitative estimate of drug-likeness (QED) is 0.387. The standard InChI is InChI=1S/C4H6OS/c1-4(2)3-6-5/h1-3H2. The van der Waals surface area contributed by atoms with E-state index in [-0.39, 0.29) is 0 Å². The van der Waals surface area contributed by atoms with Crippen LogP contribution in [0.2, 0.25) is 0 Å². The van der Waals surface area contributed by atoms with Gasteiger partial charge < -0.3 is 4.55 Å². The summed E-state index contributed by atoms with van der Waals surface area (Å²) >= 11 is 0.498. The van der Waals surface area contributed by atoms with Crippen LogP contribution in [0.5, 0.6) is 0 Å². The van der Waals surface area contributed by atoms with E-state index in [1.807, 2.05) is 0 Å². The number of hydrogen-bond acceptors (Lipinski definition) is 2. The van der Waals surface area contributed by atoms with Crippen LogP contribution in [-0.4, -0.2) is 10.3 Å². The zero-order valence-electron chi connectivity index (χ0n) is 3.44. The van der Waals surface area contributed by atoms with Crippen molar-refractivity contribution < 1.29 is 4.55 Å². The van der Waals surface area contributed by atoms with E-state index in [9.17, 15) is 4.55 Å². The molecule has 0 saturated carbocycles.